The second kappa shape index (κ2) is 6.30. The van der Waals surface area contributed by atoms with Crippen molar-refractivity contribution in [1.82, 2.24) is 0 Å². The second-order valence-electron chi connectivity index (χ2n) is 3.78. The molecular weight excluding hydrogens is 244 g/mol. The monoisotopic (exact) mass is 259 g/mol. The molecule has 0 amide bonds. The fraction of sp³-hybridized carbons (Fsp3) is 0.417. The van der Waals surface area contributed by atoms with Crippen LogP contribution in [0.15, 0.2) is 12.1 Å². The zero-order chi connectivity index (χ0) is 13.7. The number of anilines is 1. The van der Waals surface area contributed by atoms with Gasteiger partial charge in [0.25, 0.3) is 0 Å². The topological polar surface area (TPSA) is 47.6 Å². The van der Waals surface area contributed by atoms with Gasteiger partial charge in [0.1, 0.15) is 0 Å². The van der Waals surface area contributed by atoms with E-state index in [1.54, 1.807) is 6.92 Å². The average molecular weight is 259 g/mol. The van der Waals surface area contributed by atoms with Crippen molar-refractivity contribution in [2.24, 2.45) is 0 Å². The summed E-state index contributed by atoms with van der Waals surface area (Å²) < 4.78 is 36.5. The Hall–Kier alpha value is -1.69. The van der Waals surface area contributed by atoms with Crippen LogP contribution in [0.5, 0.6) is 0 Å². The first-order valence-corrected chi connectivity index (χ1v) is 5.33. The molecule has 0 radical (unpaired) electrons. The second-order valence-corrected chi connectivity index (χ2v) is 3.78. The molecule has 0 aliphatic heterocycles. The van der Waals surface area contributed by atoms with Gasteiger partial charge in [-0.2, -0.15) is 0 Å². The molecule has 0 bridgehead atoms. The Morgan fingerprint density at radius 1 is 1.33 bits per heavy atom. The number of halogens is 2. The van der Waals surface area contributed by atoms with Gasteiger partial charge in [-0.25, -0.2) is 13.6 Å². The number of rotatable bonds is 5. The Labute approximate surface area is 104 Å². The summed E-state index contributed by atoms with van der Waals surface area (Å²) in [5.41, 5.74) is -0.454. The van der Waals surface area contributed by atoms with Gasteiger partial charge in [0.15, 0.2) is 11.6 Å². The van der Waals surface area contributed by atoms with Crippen molar-refractivity contribution in [3.63, 3.8) is 0 Å². The normalized spacial score (nSPS) is 12.1. The lowest BCUT2D eigenvalue weighted by Gasteiger charge is -2.15. The van der Waals surface area contributed by atoms with E-state index in [-0.39, 0.29) is 11.7 Å². The Bertz CT molecular complexity index is 438. The number of carbonyl (C=O) groups excluding carboxylic acids is 1. The lowest BCUT2D eigenvalue weighted by Crippen LogP contribution is -2.22. The molecule has 4 nitrogen and oxygen atoms in total. The van der Waals surface area contributed by atoms with E-state index < -0.39 is 23.2 Å². The van der Waals surface area contributed by atoms with E-state index in [0.717, 1.165) is 7.11 Å². The van der Waals surface area contributed by atoms with Crippen LogP contribution in [0.25, 0.3) is 0 Å². The van der Waals surface area contributed by atoms with E-state index in [4.69, 9.17) is 4.74 Å². The number of esters is 1. The van der Waals surface area contributed by atoms with Gasteiger partial charge in [-0.1, -0.05) is 0 Å². The fourth-order valence-corrected chi connectivity index (χ4v) is 1.49. The van der Waals surface area contributed by atoms with Crippen molar-refractivity contribution in [1.29, 1.82) is 0 Å². The Kier molecular flexibility index (Phi) is 5.03. The Balaban J connectivity index is 2.97. The molecule has 6 heteroatoms. The first kappa shape index (κ1) is 14.4. The standard InChI is InChI=1S/C12H15F2NO3/c1-7(6-17-2)15-9-5-4-8(12(16)18-3)10(13)11(9)14/h4-5,7,15H,6H2,1-3H3. The van der Waals surface area contributed by atoms with E-state index in [1.165, 1.54) is 19.2 Å². The number of carbonyl (C=O) groups is 1. The number of hydrogen-bond acceptors (Lipinski definition) is 4. The maximum Gasteiger partial charge on any atom is 0.340 e. The number of benzene rings is 1. The van der Waals surface area contributed by atoms with Crippen LogP contribution < -0.4 is 5.32 Å². The van der Waals surface area contributed by atoms with E-state index >= 15 is 0 Å². The van der Waals surface area contributed by atoms with E-state index in [0.29, 0.717) is 6.61 Å². The summed E-state index contributed by atoms with van der Waals surface area (Å²) in [5, 5.41) is 2.74. The SMILES string of the molecule is COCC(C)Nc1ccc(C(=O)OC)c(F)c1F. The fourth-order valence-electron chi connectivity index (χ4n) is 1.49. The number of hydrogen-bond donors (Lipinski definition) is 1. The third-order valence-corrected chi connectivity index (χ3v) is 2.31. The molecule has 0 saturated heterocycles. The van der Waals surface area contributed by atoms with E-state index in [2.05, 4.69) is 10.1 Å². The van der Waals surface area contributed by atoms with Crippen LogP contribution in [0, 0.1) is 11.6 Å². The van der Waals surface area contributed by atoms with E-state index in [9.17, 15) is 13.6 Å². The van der Waals surface area contributed by atoms with Crippen LogP contribution >= 0.6 is 0 Å². The van der Waals surface area contributed by atoms with Gasteiger partial charge in [-0.05, 0) is 19.1 Å². The molecule has 0 aromatic heterocycles. The van der Waals surface area contributed by atoms with Crippen molar-refractivity contribution < 1.29 is 23.0 Å². The third kappa shape index (κ3) is 3.16. The first-order valence-electron chi connectivity index (χ1n) is 5.33. The summed E-state index contributed by atoms with van der Waals surface area (Å²) in [6, 6.07) is 2.27. The average Bonchev–Trinajstić information content (AvgIpc) is 2.34. The summed E-state index contributed by atoms with van der Waals surface area (Å²) in [5.74, 6) is -3.25. The van der Waals surface area contributed by atoms with Crippen LogP contribution in [-0.4, -0.2) is 32.8 Å². The molecule has 1 rings (SSSR count). The molecule has 1 N–H and O–H groups in total. The van der Waals surface area contributed by atoms with Gasteiger partial charge < -0.3 is 14.8 Å². The molecule has 0 aliphatic carbocycles. The van der Waals surface area contributed by atoms with Crippen molar-refractivity contribution >= 4 is 11.7 Å². The van der Waals surface area contributed by atoms with Gasteiger partial charge in [0.2, 0.25) is 0 Å². The molecule has 0 heterocycles. The largest absolute Gasteiger partial charge is 0.465 e. The Morgan fingerprint density at radius 3 is 2.56 bits per heavy atom. The molecule has 1 aromatic rings. The molecule has 1 atom stereocenters. The highest BCUT2D eigenvalue weighted by molar-refractivity contribution is 5.90. The maximum atomic E-state index is 13.7. The van der Waals surface area contributed by atoms with Crippen molar-refractivity contribution in [2.75, 3.05) is 26.1 Å². The van der Waals surface area contributed by atoms with Gasteiger partial charge in [0, 0.05) is 13.2 Å². The smallest absolute Gasteiger partial charge is 0.340 e. The Morgan fingerprint density at radius 2 is 2.00 bits per heavy atom. The van der Waals surface area contributed by atoms with Crippen LogP contribution in [-0.2, 0) is 9.47 Å². The zero-order valence-corrected chi connectivity index (χ0v) is 10.4. The number of nitrogens with one attached hydrogen (secondary N) is 1. The molecular formula is C12H15F2NO3. The minimum Gasteiger partial charge on any atom is -0.465 e. The molecule has 1 aromatic carbocycles. The van der Waals surface area contributed by atoms with Gasteiger partial charge in [-0.15, -0.1) is 0 Å². The van der Waals surface area contributed by atoms with Gasteiger partial charge in [-0.3, -0.25) is 0 Å². The molecule has 0 fully saturated rings. The number of ether oxygens (including phenoxy) is 2. The van der Waals surface area contributed by atoms with Gasteiger partial charge in [0.05, 0.1) is 25.0 Å². The highest BCUT2D eigenvalue weighted by atomic mass is 19.2. The molecule has 0 saturated carbocycles. The zero-order valence-electron chi connectivity index (χ0n) is 10.4. The summed E-state index contributed by atoms with van der Waals surface area (Å²) in [7, 11) is 2.61. The van der Waals surface area contributed by atoms with Crippen molar-refractivity contribution in [3.8, 4) is 0 Å². The molecule has 0 aliphatic rings. The third-order valence-electron chi connectivity index (χ3n) is 2.31. The quantitative estimate of drug-likeness (QED) is 0.823. The highest BCUT2D eigenvalue weighted by Gasteiger charge is 2.19. The summed E-state index contributed by atoms with van der Waals surface area (Å²) in [6.45, 7) is 2.11. The summed E-state index contributed by atoms with van der Waals surface area (Å²) in [4.78, 5) is 11.2. The van der Waals surface area contributed by atoms with E-state index in [1.807, 2.05) is 0 Å². The lowest BCUT2D eigenvalue weighted by atomic mass is 10.1. The van der Waals surface area contributed by atoms with Crippen LogP contribution in [0.1, 0.15) is 17.3 Å². The molecule has 0 spiro atoms. The van der Waals surface area contributed by atoms with Crippen LogP contribution in [0.2, 0.25) is 0 Å². The molecule has 1 unspecified atom stereocenters. The van der Waals surface area contributed by atoms with Crippen molar-refractivity contribution in [2.45, 2.75) is 13.0 Å². The number of methoxy groups -OCH3 is 2. The minimum atomic E-state index is -1.23. The van der Waals surface area contributed by atoms with Gasteiger partial charge >= 0.3 is 5.97 Å². The minimum absolute atomic E-state index is 0.0234. The van der Waals surface area contributed by atoms with Crippen molar-refractivity contribution in [3.05, 3.63) is 29.3 Å². The first-order chi connectivity index (χ1) is 8.51. The lowest BCUT2D eigenvalue weighted by molar-refractivity contribution is 0.0594. The predicted octanol–water partition coefficient (Wildman–Crippen LogP) is 2.20. The van der Waals surface area contributed by atoms with Crippen LogP contribution in [0.3, 0.4) is 0 Å². The van der Waals surface area contributed by atoms with Crippen LogP contribution in [0.4, 0.5) is 14.5 Å². The molecule has 18 heavy (non-hydrogen) atoms. The highest BCUT2D eigenvalue weighted by Crippen LogP contribution is 2.21. The summed E-state index contributed by atoms with van der Waals surface area (Å²) >= 11 is 0. The maximum absolute atomic E-state index is 13.7. The molecule has 100 valence electrons. The summed E-state index contributed by atoms with van der Waals surface area (Å²) in [6.07, 6.45) is 0. The predicted molar refractivity (Wildman–Crippen MR) is 62.7 cm³/mol.